The van der Waals surface area contributed by atoms with Crippen molar-refractivity contribution < 1.29 is 0 Å². The molecule has 0 saturated carbocycles. The van der Waals surface area contributed by atoms with Crippen molar-refractivity contribution in [3.63, 3.8) is 0 Å². The molecule has 3 aromatic rings. The number of nitrogen functional groups attached to an aromatic ring is 1. The number of aromatic nitrogens is 2. The lowest BCUT2D eigenvalue weighted by atomic mass is 10.1. The van der Waals surface area contributed by atoms with Crippen LogP contribution < -0.4 is 5.73 Å². The molecule has 0 aliphatic rings. The Labute approximate surface area is 119 Å². The molecule has 5 heteroatoms. The van der Waals surface area contributed by atoms with E-state index >= 15 is 0 Å². The summed E-state index contributed by atoms with van der Waals surface area (Å²) in [5, 5.41) is 1.21. The maximum Gasteiger partial charge on any atom is 0.181 e. The summed E-state index contributed by atoms with van der Waals surface area (Å²) in [6.45, 7) is 0. The Hall–Kier alpha value is -1.91. The summed E-state index contributed by atoms with van der Waals surface area (Å²) < 4.78 is 0. The van der Waals surface area contributed by atoms with E-state index in [1.807, 2.05) is 36.4 Å². The number of rotatable bonds is 2. The molecule has 0 fully saturated rings. The van der Waals surface area contributed by atoms with Crippen molar-refractivity contribution in [3.8, 4) is 21.7 Å². The van der Waals surface area contributed by atoms with Gasteiger partial charge in [0.15, 0.2) is 5.13 Å². The largest absolute Gasteiger partial charge is 0.375 e. The van der Waals surface area contributed by atoms with Gasteiger partial charge >= 0.3 is 0 Å². The summed E-state index contributed by atoms with van der Waals surface area (Å²) in [4.78, 5) is 9.48. The van der Waals surface area contributed by atoms with Crippen LogP contribution in [0, 0.1) is 0 Å². The van der Waals surface area contributed by atoms with Crippen molar-refractivity contribution in [2.75, 3.05) is 5.73 Å². The van der Waals surface area contributed by atoms with E-state index in [9.17, 15) is 0 Å². The average Bonchev–Trinajstić information content (AvgIpc) is 2.82. The molecule has 2 aromatic heterocycles. The van der Waals surface area contributed by atoms with Crippen LogP contribution in [-0.2, 0) is 0 Å². The molecule has 0 aliphatic heterocycles. The van der Waals surface area contributed by atoms with Crippen molar-refractivity contribution in [2.24, 2.45) is 0 Å². The van der Waals surface area contributed by atoms with Gasteiger partial charge in [-0.2, -0.15) is 0 Å². The number of anilines is 1. The van der Waals surface area contributed by atoms with Crippen LogP contribution in [0.4, 0.5) is 5.13 Å². The first-order chi connectivity index (χ1) is 9.25. The van der Waals surface area contributed by atoms with Crippen LogP contribution in [0.1, 0.15) is 0 Å². The van der Waals surface area contributed by atoms with Crippen LogP contribution in [0.5, 0.6) is 0 Å². The minimum Gasteiger partial charge on any atom is -0.375 e. The highest BCUT2D eigenvalue weighted by atomic mass is 35.5. The lowest BCUT2D eigenvalue weighted by Gasteiger charge is -2.04. The molecule has 3 rings (SSSR count). The summed E-state index contributed by atoms with van der Waals surface area (Å²) in [6, 6.07) is 11.5. The quantitative estimate of drug-likeness (QED) is 0.772. The zero-order valence-electron chi connectivity index (χ0n) is 9.88. The van der Waals surface area contributed by atoms with Gasteiger partial charge in [0, 0.05) is 28.5 Å². The van der Waals surface area contributed by atoms with E-state index < -0.39 is 0 Å². The van der Waals surface area contributed by atoms with E-state index in [-0.39, 0.29) is 0 Å². The van der Waals surface area contributed by atoms with E-state index in [0.717, 1.165) is 21.7 Å². The Morgan fingerprint density at radius 3 is 2.68 bits per heavy atom. The zero-order chi connectivity index (χ0) is 13.2. The topological polar surface area (TPSA) is 51.8 Å². The van der Waals surface area contributed by atoms with Crippen molar-refractivity contribution in [1.29, 1.82) is 0 Å². The molecule has 94 valence electrons. The van der Waals surface area contributed by atoms with Gasteiger partial charge in [-0.1, -0.05) is 41.1 Å². The second kappa shape index (κ2) is 4.99. The normalized spacial score (nSPS) is 10.6. The Kier molecular flexibility index (Phi) is 3.19. The molecule has 0 atom stereocenters. The first-order valence-electron chi connectivity index (χ1n) is 5.67. The molecule has 0 amide bonds. The van der Waals surface area contributed by atoms with Crippen LogP contribution >= 0.6 is 22.9 Å². The van der Waals surface area contributed by atoms with E-state index in [2.05, 4.69) is 9.97 Å². The van der Waals surface area contributed by atoms with Gasteiger partial charge in [-0.25, -0.2) is 4.98 Å². The maximum absolute atomic E-state index is 6.25. The van der Waals surface area contributed by atoms with Gasteiger partial charge in [0.25, 0.3) is 0 Å². The number of pyridine rings is 1. The van der Waals surface area contributed by atoms with Crippen LogP contribution in [0.3, 0.4) is 0 Å². The van der Waals surface area contributed by atoms with Gasteiger partial charge in [0.2, 0.25) is 0 Å². The smallest absolute Gasteiger partial charge is 0.181 e. The monoisotopic (exact) mass is 287 g/mol. The number of nitrogens with two attached hydrogens (primary N) is 1. The SMILES string of the molecule is Nc1nc(-c2cccnc2)c(-c2ccccc2Cl)s1. The predicted octanol–water partition coefficient (Wildman–Crippen LogP) is 4.11. The van der Waals surface area contributed by atoms with Gasteiger partial charge in [-0.3, -0.25) is 4.98 Å². The van der Waals surface area contributed by atoms with Crippen molar-refractivity contribution in [1.82, 2.24) is 9.97 Å². The average molecular weight is 288 g/mol. The molecule has 0 aliphatic carbocycles. The fourth-order valence-corrected chi connectivity index (χ4v) is 3.04. The van der Waals surface area contributed by atoms with E-state index in [1.165, 1.54) is 11.3 Å². The van der Waals surface area contributed by atoms with Gasteiger partial charge in [-0.05, 0) is 18.2 Å². The van der Waals surface area contributed by atoms with E-state index in [1.54, 1.807) is 12.4 Å². The van der Waals surface area contributed by atoms with Crippen molar-refractivity contribution in [2.45, 2.75) is 0 Å². The van der Waals surface area contributed by atoms with Crippen LogP contribution in [0.15, 0.2) is 48.8 Å². The van der Waals surface area contributed by atoms with Gasteiger partial charge < -0.3 is 5.73 Å². The second-order valence-electron chi connectivity index (χ2n) is 3.95. The van der Waals surface area contributed by atoms with Gasteiger partial charge in [0.1, 0.15) is 0 Å². The standard InChI is InChI=1S/C14H10ClN3S/c15-11-6-2-1-5-10(11)13-12(18-14(16)19-13)9-4-3-7-17-8-9/h1-8H,(H2,16,18). The molecule has 0 saturated heterocycles. The molecule has 2 N–H and O–H groups in total. The summed E-state index contributed by atoms with van der Waals surface area (Å²) in [5.41, 5.74) is 8.55. The molecule has 1 aromatic carbocycles. The Morgan fingerprint density at radius 1 is 1.11 bits per heavy atom. The third kappa shape index (κ3) is 2.32. The number of hydrogen-bond donors (Lipinski definition) is 1. The van der Waals surface area contributed by atoms with Gasteiger partial charge in [-0.15, -0.1) is 0 Å². The summed E-state index contributed by atoms with van der Waals surface area (Å²) in [6.07, 6.45) is 3.50. The Balaban J connectivity index is 2.21. The van der Waals surface area contributed by atoms with Crippen molar-refractivity contribution in [3.05, 3.63) is 53.8 Å². The summed E-state index contributed by atoms with van der Waals surface area (Å²) in [7, 11) is 0. The number of thiazole rings is 1. The van der Waals surface area contributed by atoms with E-state index in [0.29, 0.717) is 10.2 Å². The fraction of sp³-hybridized carbons (Fsp3) is 0. The van der Waals surface area contributed by atoms with Crippen LogP contribution in [0.2, 0.25) is 5.02 Å². The van der Waals surface area contributed by atoms with Gasteiger partial charge in [0.05, 0.1) is 10.6 Å². The molecule has 3 nitrogen and oxygen atoms in total. The number of benzene rings is 1. The fourth-order valence-electron chi connectivity index (χ4n) is 1.86. The number of hydrogen-bond acceptors (Lipinski definition) is 4. The molecule has 0 radical (unpaired) electrons. The molecular formula is C14H10ClN3S. The molecule has 0 unspecified atom stereocenters. The third-order valence-electron chi connectivity index (χ3n) is 2.70. The number of halogens is 1. The highest BCUT2D eigenvalue weighted by molar-refractivity contribution is 7.19. The summed E-state index contributed by atoms with van der Waals surface area (Å²) >= 11 is 7.68. The molecule has 0 spiro atoms. The molecule has 0 bridgehead atoms. The molecular weight excluding hydrogens is 278 g/mol. The number of nitrogens with zero attached hydrogens (tertiary/aromatic N) is 2. The van der Waals surface area contributed by atoms with Crippen LogP contribution in [-0.4, -0.2) is 9.97 Å². The van der Waals surface area contributed by atoms with E-state index in [4.69, 9.17) is 17.3 Å². The predicted molar refractivity (Wildman–Crippen MR) is 80.2 cm³/mol. The van der Waals surface area contributed by atoms with Crippen LogP contribution in [0.25, 0.3) is 21.7 Å². The highest BCUT2D eigenvalue weighted by Gasteiger charge is 2.15. The molecule has 2 heterocycles. The lowest BCUT2D eigenvalue weighted by molar-refractivity contribution is 1.31. The Bertz CT molecular complexity index is 710. The zero-order valence-corrected chi connectivity index (χ0v) is 11.4. The first-order valence-corrected chi connectivity index (χ1v) is 6.87. The first kappa shape index (κ1) is 12.1. The second-order valence-corrected chi connectivity index (χ2v) is 5.39. The highest BCUT2D eigenvalue weighted by Crippen LogP contribution is 2.40. The van der Waals surface area contributed by atoms with Crippen molar-refractivity contribution >= 4 is 28.1 Å². The lowest BCUT2D eigenvalue weighted by Crippen LogP contribution is -1.85. The Morgan fingerprint density at radius 2 is 1.95 bits per heavy atom. The summed E-state index contributed by atoms with van der Waals surface area (Å²) in [5.74, 6) is 0. The maximum atomic E-state index is 6.25. The third-order valence-corrected chi connectivity index (χ3v) is 3.94. The molecule has 19 heavy (non-hydrogen) atoms. The minimum atomic E-state index is 0.522. The minimum absolute atomic E-state index is 0.522.